The number of fused-ring (bicyclic) bond motifs is 1. The topological polar surface area (TPSA) is 38.3 Å². The Morgan fingerprint density at radius 3 is 2.91 bits per heavy atom. The van der Waals surface area contributed by atoms with E-state index in [0.29, 0.717) is 23.1 Å². The number of benzene rings is 2. The van der Waals surface area contributed by atoms with Crippen molar-refractivity contribution in [1.29, 1.82) is 0 Å². The second-order valence-corrected chi connectivity index (χ2v) is 6.21. The van der Waals surface area contributed by atoms with E-state index in [4.69, 9.17) is 27.9 Å². The summed E-state index contributed by atoms with van der Waals surface area (Å²) in [4.78, 5) is 12.5. The lowest BCUT2D eigenvalue weighted by Gasteiger charge is -2.25. The lowest BCUT2D eigenvalue weighted by Crippen LogP contribution is -2.32. The molecule has 1 aliphatic heterocycles. The molecule has 1 heterocycles. The first-order valence-corrected chi connectivity index (χ1v) is 7.77. The highest BCUT2D eigenvalue weighted by molar-refractivity contribution is 6.31. The monoisotopic (exact) mass is 335 g/mol. The fourth-order valence-corrected chi connectivity index (χ4v) is 2.88. The van der Waals surface area contributed by atoms with Crippen LogP contribution in [-0.2, 0) is 11.2 Å². The standard InChI is InChI=1S/C17H15Cl2NO2/c1-10-14(19)3-2-4-15(10)20-17(21)12-7-11-8-13(18)5-6-16(11)22-9-12/h2-6,8,12H,7,9H2,1H3,(H,20,21)/t12-/m0/s1. The second-order valence-electron chi connectivity index (χ2n) is 5.37. The molecule has 0 saturated heterocycles. The van der Waals surface area contributed by atoms with Crippen LogP contribution in [0.2, 0.25) is 10.0 Å². The first-order valence-electron chi connectivity index (χ1n) is 7.02. The van der Waals surface area contributed by atoms with Gasteiger partial charge in [0, 0.05) is 15.7 Å². The van der Waals surface area contributed by atoms with Crippen LogP contribution < -0.4 is 10.1 Å². The average Bonchev–Trinajstić information content (AvgIpc) is 2.51. The number of carbonyl (C=O) groups is 1. The Hall–Kier alpha value is -1.71. The summed E-state index contributed by atoms with van der Waals surface area (Å²) < 4.78 is 5.66. The Morgan fingerprint density at radius 2 is 2.09 bits per heavy atom. The van der Waals surface area contributed by atoms with Crippen LogP contribution in [0.15, 0.2) is 36.4 Å². The summed E-state index contributed by atoms with van der Waals surface area (Å²) in [6, 6.07) is 10.9. The quantitative estimate of drug-likeness (QED) is 0.877. The van der Waals surface area contributed by atoms with E-state index in [9.17, 15) is 4.79 Å². The van der Waals surface area contributed by atoms with Crippen molar-refractivity contribution in [3.05, 3.63) is 57.6 Å². The van der Waals surface area contributed by atoms with Gasteiger partial charge < -0.3 is 10.1 Å². The third kappa shape index (κ3) is 3.06. The van der Waals surface area contributed by atoms with Gasteiger partial charge in [0.1, 0.15) is 12.4 Å². The normalized spacial score (nSPS) is 16.6. The van der Waals surface area contributed by atoms with E-state index in [2.05, 4.69) is 5.32 Å². The highest BCUT2D eigenvalue weighted by atomic mass is 35.5. The molecule has 0 aliphatic carbocycles. The molecule has 0 aromatic heterocycles. The molecule has 0 spiro atoms. The van der Waals surface area contributed by atoms with Crippen molar-refractivity contribution in [2.45, 2.75) is 13.3 Å². The molecule has 0 saturated carbocycles. The van der Waals surface area contributed by atoms with Crippen LogP contribution in [-0.4, -0.2) is 12.5 Å². The summed E-state index contributed by atoms with van der Waals surface area (Å²) in [5, 5.41) is 4.21. The van der Waals surface area contributed by atoms with Crippen molar-refractivity contribution >= 4 is 34.8 Å². The van der Waals surface area contributed by atoms with Crippen molar-refractivity contribution in [3.8, 4) is 5.75 Å². The Bertz CT molecular complexity index is 731. The van der Waals surface area contributed by atoms with Gasteiger partial charge >= 0.3 is 0 Å². The maximum Gasteiger partial charge on any atom is 0.231 e. The Morgan fingerprint density at radius 1 is 1.27 bits per heavy atom. The highest BCUT2D eigenvalue weighted by Gasteiger charge is 2.26. The Labute approximate surface area is 139 Å². The molecular formula is C17H15Cl2NO2. The summed E-state index contributed by atoms with van der Waals surface area (Å²) in [7, 11) is 0. The summed E-state index contributed by atoms with van der Waals surface area (Å²) in [6.45, 7) is 2.24. The number of amides is 1. The predicted molar refractivity (Wildman–Crippen MR) is 89.0 cm³/mol. The van der Waals surface area contributed by atoms with Crippen molar-refractivity contribution < 1.29 is 9.53 Å². The van der Waals surface area contributed by atoms with E-state index in [1.54, 1.807) is 12.1 Å². The van der Waals surface area contributed by atoms with Crippen molar-refractivity contribution in [2.75, 3.05) is 11.9 Å². The number of hydrogen-bond acceptors (Lipinski definition) is 2. The summed E-state index contributed by atoms with van der Waals surface area (Å²) >= 11 is 12.1. The predicted octanol–water partition coefficient (Wildman–Crippen LogP) is 4.49. The first-order chi connectivity index (χ1) is 10.5. The van der Waals surface area contributed by atoms with Crippen LogP contribution in [0.3, 0.4) is 0 Å². The SMILES string of the molecule is Cc1c(Cl)cccc1NC(=O)[C@@H]1COc2ccc(Cl)cc2C1. The zero-order valence-corrected chi connectivity index (χ0v) is 13.5. The molecular weight excluding hydrogens is 321 g/mol. The lowest BCUT2D eigenvalue weighted by atomic mass is 9.96. The minimum absolute atomic E-state index is 0.0732. The minimum Gasteiger partial charge on any atom is -0.492 e. The molecule has 22 heavy (non-hydrogen) atoms. The molecule has 3 nitrogen and oxygen atoms in total. The van der Waals surface area contributed by atoms with Crippen molar-refractivity contribution in [3.63, 3.8) is 0 Å². The van der Waals surface area contributed by atoms with Gasteiger partial charge in [0.25, 0.3) is 0 Å². The average molecular weight is 336 g/mol. The molecule has 114 valence electrons. The van der Waals surface area contributed by atoms with Gasteiger partial charge in [-0.25, -0.2) is 0 Å². The molecule has 1 atom stereocenters. The number of rotatable bonds is 2. The molecule has 1 aliphatic rings. The fourth-order valence-electron chi connectivity index (χ4n) is 2.51. The summed E-state index contributed by atoms with van der Waals surface area (Å²) in [5.41, 5.74) is 2.55. The number of ether oxygens (including phenoxy) is 1. The van der Waals surface area contributed by atoms with Crippen molar-refractivity contribution in [1.82, 2.24) is 0 Å². The molecule has 2 aromatic carbocycles. The van der Waals surface area contributed by atoms with Gasteiger partial charge in [0.2, 0.25) is 5.91 Å². The zero-order chi connectivity index (χ0) is 15.7. The van der Waals surface area contributed by atoms with Crippen LogP contribution in [0.25, 0.3) is 0 Å². The third-order valence-corrected chi connectivity index (χ3v) is 4.47. The second kappa shape index (κ2) is 6.19. The zero-order valence-electron chi connectivity index (χ0n) is 12.0. The van der Waals surface area contributed by atoms with Crippen LogP contribution >= 0.6 is 23.2 Å². The molecule has 1 N–H and O–H groups in total. The number of halogens is 2. The molecule has 0 unspecified atom stereocenters. The van der Waals surface area contributed by atoms with Crippen LogP contribution in [0, 0.1) is 12.8 Å². The smallest absolute Gasteiger partial charge is 0.231 e. The molecule has 1 amide bonds. The lowest BCUT2D eigenvalue weighted by molar-refractivity contribution is -0.121. The largest absolute Gasteiger partial charge is 0.492 e. The number of hydrogen-bond donors (Lipinski definition) is 1. The molecule has 5 heteroatoms. The Balaban J connectivity index is 1.75. The van der Waals surface area contributed by atoms with E-state index >= 15 is 0 Å². The highest BCUT2D eigenvalue weighted by Crippen LogP contribution is 2.31. The van der Waals surface area contributed by atoms with Gasteiger partial charge in [-0.05, 0) is 54.8 Å². The van der Waals surface area contributed by atoms with E-state index in [-0.39, 0.29) is 11.8 Å². The number of carbonyl (C=O) groups excluding carboxylic acids is 1. The molecule has 0 fully saturated rings. The van der Waals surface area contributed by atoms with Crippen LogP contribution in [0.5, 0.6) is 5.75 Å². The van der Waals surface area contributed by atoms with E-state index in [0.717, 1.165) is 22.6 Å². The number of nitrogens with one attached hydrogen (secondary N) is 1. The van der Waals surface area contributed by atoms with Gasteiger partial charge in [-0.3, -0.25) is 4.79 Å². The Kier molecular flexibility index (Phi) is 4.27. The molecule has 2 aromatic rings. The van der Waals surface area contributed by atoms with Gasteiger partial charge in [-0.2, -0.15) is 0 Å². The number of anilines is 1. The van der Waals surface area contributed by atoms with Gasteiger partial charge in [0.15, 0.2) is 0 Å². The summed E-state index contributed by atoms with van der Waals surface area (Å²) in [6.07, 6.45) is 0.612. The van der Waals surface area contributed by atoms with Crippen LogP contribution in [0.1, 0.15) is 11.1 Å². The van der Waals surface area contributed by atoms with Gasteiger partial charge in [-0.1, -0.05) is 29.3 Å². The molecule has 0 bridgehead atoms. The maximum absolute atomic E-state index is 12.5. The van der Waals surface area contributed by atoms with E-state index in [1.807, 2.05) is 31.2 Å². The van der Waals surface area contributed by atoms with E-state index in [1.165, 1.54) is 0 Å². The van der Waals surface area contributed by atoms with E-state index < -0.39 is 0 Å². The minimum atomic E-state index is -0.246. The fraction of sp³-hybridized carbons (Fsp3) is 0.235. The molecule has 0 radical (unpaired) electrons. The van der Waals surface area contributed by atoms with Gasteiger partial charge in [0.05, 0.1) is 5.92 Å². The van der Waals surface area contributed by atoms with Crippen molar-refractivity contribution in [2.24, 2.45) is 5.92 Å². The third-order valence-electron chi connectivity index (χ3n) is 3.83. The van der Waals surface area contributed by atoms with Gasteiger partial charge in [-0.15, -0.1) is 0 Å². The van der Waals surface area contributed by atoms with Crippen LogP contribution in [0.4, 0.5) is 5.69 Å². The summed E-state index contributed by atoms with van der Waals surface area (Å²) in [5.74, 6) is 0.479. The first kappa shape index (κ1) is 15.2. The molecule has 3 rings (SSSR count). The maximum atomic E-state index is 12.5.